The Morgan fingerprint density at radius 2 is 2.38 bits per heavy atom. The van der Waals surface area contributed by atoms with E-state index in [2.05, 4.69) is 30.7 Å². The molecule has 1 saturated carbocycles. The van der Waals surface area contributed by atoms with Gasteiger partial charge in [-0.3, -0.25) is 0 Å². The van der Waals surface area contributed by atoms with Crippen LogP contribution in [0.2, 0.25) is 0 Å². The lowest BCUT2D eigenvalue weighted by atomic mass is 10.0. The first-order chi connectivity index (χ1) is 6.09. The fraction of sp³-hybridized carbons (Fsp3) is 0.636. The van der Waals surface area contributed by atoms with Gasteiger partial charge in [-0.15, -0.1) is 11.6 Å². The van der Waals surface area contributed by atoms with Gasteiger partial charge in [0.25, 0.3) is 0 Å². The summed E-state index contributed by atoms with van der Waals surface area (Å²) < 4.78 is 0. The van der Waals surface area contributed by atoms with E-state index in [9.17, 15) is 0 Å². The molecule has 2 unspecified atom stereocenters. The molecule has 0 N–H and O–H groups in total. The highest BCUT2D eigenvalue weighted by atomic mass is 35.5. The van der Waals surface area contributed by atoms with Gasteiger partial charge < -0.3 is 0 Å². The maximum atomic E-state index is 6.36. The molecule has 1 fully saturated rings. The summed E-state index contributed by atoms with van der Waals surface area (Å²) in [5, 5.41) is 4.66. The van der Waals surface area contributed by atoms with E-state index in [1.165, 1.54) is 12.0 Å². The van der Waals surface area contributed by atoms with Crippen LogP contribution in [0.4, 0.5) is 0 Å². The van der Waals surface area contributed by atoms with Gasteiger partial charge in [0.15, 0.2) is 0 Å². The van der Waals surface area contributed by atoms with Crippen molar-refractivity contribution in [3.63, 3.8) is 0 Å². The summed E-state index contributed by atoms with van der Waals surface area (Å²) in [4.78, 5) is 0. The van der Waals surface area contributed by atoms with Gasteiger partial charge in [0.1, 0.15) is 0 Å². The van der Waals surface area contributed by atoms with Crippen molar-refractivity contribution < 1.29 is 0 Å². The lowest BCUT2D eigenvalue weighted by Gasteiger charge is -2.09. The topological polar surface area (TPSA) is 0 Å². The monoisotopic (exact) mass is 214 g/mol. The van der Waals surface area contributed by atoms with Crippen LogP contribution in [0.3, 0.4) is 0 Å². The van der Waals surface area contributed by atoms with Gasteiger partial charge in [0.05, 0.1) is 0 Å². The van der Waals surface area contributed by atoms with Crippen LogP contribution in [0, 0.1) is 11.3 Å². The highest BCUT2D eigenvalue weighted by molar-refractivity contribution is 7.07. The third-order valence-electron chi connectivity index (χ3n) is 3.04. The predicted molar refractivity (Wildman–Crippen MR) is 59.6 cm³/mol. The van der Waals surface area contributed by atoms with Crippen molar-refractivity contribution in [1.29, 1.82) is 0 Å². The van der Waals surface area contributed by atoms with Crippen LogP contribution in [0.25, 0.3) is 0 Å². The number of hydrogen-bond donors (Lipinski definition) is 0. The summed E-state index contributed by atoms with van der Waals surface area (Å²) in [5.41, 5.74) is 1.90. The van der Waals surface area contributed by atoms with E-state index in [4.69, 9.17) is 11.6 Å². The number of thiophene rings is 1. The summed E-state index contributed by atoms with van der Waals surface area (Å²) in [6.45, 7) is 4.61. The number of rotatable bonds is 3. The van der Waals surface area contributed by atoms with E-state index in [0.29, 0.717) is 10.8 Å². The fourth-order valence-corrected chi connectivity index (χ4v) is 3.19. The van der Waals surface area contributed by atoms with E-state index in [1.807, 2.05) is 0 Å². The van der Waals surface area contributed by atoms with E-state index in [1.54, 1.807) is 11.3 Å². The number of alkyl halides is 1. The molecule has 2 atom stereocenters. The SMILES string of the molecule is CC1(C)CC1C(Cl)Cc1ccsc1. The standard InChI is InChI=1S/C11H15ClS/c1-11(2)6-9(11)10(12)5-8-3-4-13-7-8/h3-4,7,9-10H,5-6H2,1-2H3. The minimum Gasteiger partial charge on any atom is -0.152 e. The molecule has 72 valence electrons. The Kier molecular flexibility index (Phi) is 2.41. The van der Waals surface area contributed by atoms with E-state index in [0.717, 1.165) is 12.3 Å². The maximum Gasteiger partial charge on any atom is 0.0410 e. The fourth-order valence-electron chi connectivity index (χ4n) is 1.90. The normalized spacial score (nSPS) is 27.2. The van der Waals surface area contributed by atoms with Gasteiger partial charge in [-0.2, -0.15) is 11.3 Å². The molecule has 1 aliphatic rings. The second kappa shape index (κ2) is 3.29. The highest BCUT2D eigenvalue weighted by Gasteiger charge is 2.49. The first-order valence-electron chi connectivity index (χ1n) is 4.75. The van der Waals surface area contributed by atoms with E-state index in [-0.39, 0.29) is 0 Å². The zero-order chi connectivity index (χ0) is 9.47. The number of hydrogen-bond acceptors (Lipinski definition) is 1. The molecule has 0 aromatic carbocycles. The van der Waals surface area contributed by atoms with Crippen molar-refractivity contribution in [1.82, 2.24) is 0 Å². The molecule has 0 radical (unpaired) electrons. The molecule has 0 spiro atoms. The molecular formula is C11H15ClS. The maximum absolute atomic E-state index is 6.36. The molecule has 1 aromatic rings. The van der Waals surface area contributed by atoms with Gasteiger partial charge in [-0.1, -0.05) is 13.8 Å². The summed E-state index contributed by atoms with van der Waals surface area (Å²) in [7, 11) is 0. The van der Waals surface area contributed by atoms with Gasteiger partial charge >= 0.3 is 0 Å². The third-order valence-corrected chi connectivity index (χ3v) is 4.23. The average Bonchev–Trinajstić information content (AvgIpc) is 2.49. The molecule has 13 heavy (non-hydrogen) atoms. The minimum atomic E-state index is 0.338. The molecule has 0 amide bonds. The molecule has 0 saturated heterocycles. The lowest BCUT2D eigenvalue weighted by molar-refractivity contribution is 0.538. The van der Waals surface area contributed by atoms with Crippen LogP contribution in [-0.4, -0.2) is 5.38 Å². The summed E-state index contributed by atoms with van der Waals surface area (Å²) in [6.07, 6.45) is 2.34. The molecule has 0 nitrogen and oxygen atoms in total. The Balaban J connectivity index is 1.90. The smallest absolute Gasteiger partial charge is 0.0410 e. The molecule has 2 rings (SSSR count). The van der Waals surface area contributed by atoms with Crippen molar-refractivity contribution in [2.75, 3.05) is 0 Å². The quantitative estimate of drug-likeness (QED) is 0.669. The molecule has 2 heteroatoms. The number of halogens is 1. The Morgan fingerprint density at radius 1 is 1.69 bits per heavy atom. The molecule has 1 aliphatic carbocycles. The first kappa shape index (κ1) is 9.54. The largest absolute Gasteiger partial charge is 0.152 e. The van der Waals surface area contributed by atoms with Gasteiger partial charge in [-0.05, 0) is 46.6 Å². The minimum absolute atomic E-state index is 0.338. The average molecular weight is 215 g/mol. The van der Waals surface area contributed by atoms with Gasteiger partial charge in [-0.25, -0.2) is 0 Å². The summed E-state index contributed by atoms with van der Waals surface area (Å²) >= 11 is 8.11. The van der Waals surface area contributed by atoms with Crippen LogP contribution in [-0.2, 0) is 6.42 Å². The van der Waals surface area contributed by atoms with Crippen LogP contribution in [0.15, 0.2) is 16.8 Å². The van der Waals surface area contributed by atoms with E-state index < -0.39 is 0 Å². The van der Waals surface area contributed by atoms with Gasteiger partial charge in [0, 0.05) is 5.38 Å². The van der Waals surface area contributed by atoms with Crippen molar-refractivity contribution in [3.05, 3.63) is 22.4 Å². The Labute approximate surface area is 88.9 Å². The van der Waals surface area contributed by atoms with Crippen molar-refractivity contribution in [2.24, 2.45) is 11.3 Å². The molecular weight excluding hydrogens is 200 g/mol. The van der Waals surface area contributed by atoms with Crippen molar-refractivity contribution >= 4 is 22.9 Å². The zero-order valence-corrected chi connectivity index (χ0v) is 9.66. The highest BCUT2D eigenvalue weighted by Crippen LogP contribution is 2.55. The van der Waals surface area contributed by atoms with Crippen LogP contribution < -0.4 is 0 Å². The summed E-state index contributed by atoms with van der Waals surface area (Å²) in [5.74, 6) is 0.731. The van der Waals surface area contributed by atoms with Crippen molar-refractivity contribution in [2.45, 2.75) is 32.1 Å². The predicted octanol–water partition coefficient (Wildman–Crippen LogP) is 3.94. The van der Waals surface area contributed by atoms with Crippen LogP contribution in [0.5, 0.6) is 0 Å². The zero-order valence-electron chi connectivity index (χ0n) is 8.09. The molecule has 0 aliphatic heterocycles. The van der Waals surface area contributed by atoms with E-state index >= 15 is 0 Å². The van der Waals surface area contributed by atoms with Crippen LogP contribution in [0.1, 0.15) is 25.8 Å². The lowest BCUT2D eigenvalue weighted by Crippen LogP contribution is -2.09. The Hall–Kier alpha value is -0.0100. The van der Waals surface area contributed by atoms with Gasteiger partial charge in [0.2, 0.25) is 0 Å². The molecule has 1 aromatic heterocycles. The molecule has 0 bridgehead atoms. The van der Waals surface area contributed by atoms with Crippen LogP contribution >= 0.6 is 22.9 Å². The second-order valence-corrected chi connectivity index (χ2v) is 5.99. The van der Waals surface area contributed by atoms with Crippen molar-refractivity contribution in [3.8, 4) is 0 Å². The Bertz CT molecular complexity index is 276. The molecule has 1 heterocycles. The third kappa shape index (κ3) is 2.08. The Morgan fingerprint density at radius 3 is 2.85 bits per heavy atom. The summed E-state index contributed by atoms with van der Waals surface area (Å²) in [6, 6.07) is 2.18. The second-order valence-electron chi connectivity index (χ2n) is 4.65. The first-order valence-corrected chi connectivity index (χ1v) is 6.13.